The molecule has 0 spiro atoms. The molecule has 1 N–H and O–H groups in total. The zero-order valence-corrected chi connectivity index (χ0v) is 13.1. The topological polar surface area (TPSA) is 29.5 Å². The fourth-order valence-electron chi connectivity index (χ4n) is 3.20. The molecule has 1 aliphatic carbocycles. The molecule has 0 heterocycles. The standard InChI is InChI=1S/C18H19ClO2/c1-12-3-4-13-7-8-18(20,16(13)9-12)11-14-10-15(19)5-6-17(14)21-2/h3-6,9-10,20H,7-8,11H2,1-2H3. The minimum Gasteiger partial charge on any atom is -0.496 e. The third-order valence-electron chi connectivity index (χ3n) is 4.30. The summed E-state index contributed by atoms with van der Waals surface area (Å²) in [5.41, 5.74) is 3.57. The van der Waals surface area contributed by atoms with Crippen LogP contribution in [0.3, 0.4) is 0 Å². The summed E-state index contributed by atoms with van der Waals surface area (Å²) in [5, 5.41) is 11.8. The molecule has 1 aliphatic rings. The number of methoxy groups -OCH3 is 1. The van der Waals surface area contributed by atoms with Gasteiger partial charge in [-0.3, -0.25) is 0 Å². The molecule has 0 fully saturated rings. The predicted molar refractivity (Wildman–Crippen MR) is 85.1 cm³/mol. The number of benzene rings is 2. The van der Waals surface area contributed by atoms with Crippen LogP contribution in [0.1, 0.15) is 28.7 Å². The molecular weight excluding hydrogens is 284 g/mol. The van der Waals surface area contributed by atoms with Crippen LogP contribution in [-0.2, 0) is 18.4 Å². The maximum Gasteiger partial charge on any atom is 0.122 e. The Kier molecular flexibility index (Phi) is 3.68. The van der Waals surface area contributed by atoms with Gasteiger partial charge in [0.2, 0.25) is 0 Å². The van der Waals surface area contributed by atoms with Crippen molar-refractivity contribution in [1.82, 2.24) is 0 Å². The average Bonchev–Trinajstić information content (AvgIpc) is 2.76. The summed E-state index contributed by atoms with van der Waals surface area (Å²) in [6.45, 7) is 2.05. The molecule has 110 valence electrons. The summed E-state index contributed by atoms with van der Waals surface area (Å²) in [7, 11) is 1.64. The Morgan fingerprint density at radius 3 is 2.81 bits per heavy atom. The van der Waals surface area contributed by atoms with Crippen LogP contribution < -0.4 is 4.74 Å². The summed E-state index contributed by atoms with van der Waals surface area (Å²) in [4.78, 5) is 0. The summed E-state index contributed by atoms with van der Waals surface area (Å²) in [6, 6.07) is 11.9. The molecule has 3 rings (SSSR count). The van der Waals surface area contributed by atoms with Crippen LogP contribution in [0.4, 0.5) is 0 Å². The molecule has 3 heteroatoms. The summed E-state index contributed by atoms with van der Waals surface area (Å²) in [5.74, 6) is 0.772. The Balaban J connectivity index is 2.00. The van der Waals surface area contributed by atoms with Gasteiger partial charge in [0, 0.05) is 11.4 Å². The maximum atomic E-state index is 11.1. The van der Waals surface area contributed by atoms with Gasteiger partial charge in [0.25, 0.3) is 0 Å². The molecule has 1 atom stereocenters. The van der Waals surface area contributed by atoms with E-state index in [1.54, 1.807) is 13.2 Å². The van der Waals surface area contributed by atoms with Crippen LogP contribution in [0.5, 0.6) is 5.75 Å². The van der Waals surface area contributed by atoms with Crippen molar-refractivity contribution < 1.29 is 9.84 Å². The number of aryl methyl sites for hydroxylation is 2. The molecule has 21 heavy (non-hydrogen) atoms. The highest BCUT2D eigenvalue weighted by Gasteiger charge is 2.37. The Bertz CT molecular complexity index is 681. The molecule has 0 bridgehead atoms. The molecule has 2 aromatic rings. The normalized spacial score (nSPS) is 20.4. The van der Waals surface area contributed by atoms with Crippen molar-refractivity contribution in [3.63, 3.8) is 0 Å². The van der Waals surface area contributed by atoms with Crippen LogP contribution in [0.25, 0.3) is 0 Å². The molecule has 0 saturated carbocycles. The van der Waals surface area contributed by atoms with E-state index >= 15 is 0 Å². The maximum absolute atomic E-state index is 11.1. The van der Waals surface area contributed by atoms with Gasteiger partial charge in [0.05, 0.1) is 12.7 Å². The van der Waals surface area contributed by atoms with Gasteiger partial charge in [-0.05, 0) is 54.7 Å². The minimum atomic E-state index is -0.834. The lowest BCUT2D eigenvalue weighted by Gasteiger charge is -2.25. The van der Waals surface area contributed by atoms with E-state index < -0.39 is 5.60 Å². The van der Waals surface area contributed by atoms with Crippen LogP contribution in [0.15, 0.2) is 36.4 Å². The molecule has 0 saturated heterocycles. The van der Waals surface area contributed by atoms with Gasteiger partial charge >= 0.3 is 0 Å². The molecule has 1 unspecified atom stereocenters. The second kappa shape index (κ2) is 5.36. The van der Waals surface area contributed by atoms with Crippen LogP contribution in [-0.4, -0.2) is 12.2 Å². The van der Waals surface area contributed by atoms with Crippen molar-refractivity contribution in [3.05, 3.63) is 63.7 Å². The van der Waals surface area contributed by atoms with Gasteiger partial charge in [-0.15, -0.1) is 0 Å². The average molecular weight is 303 g/mol. The number of halogens is 1. The molecule has 0 aliphatic heterocycles. The zero-order valence-electron chi connectivity index (χ0n) is 12.3. The first kappa shape index (κ1) is 14.4. The predicted octanol–water partition coefficient (Wildman–Crippen LogP) is 4.03. The monoisotopic (exact) mass is 302 g/mol. The van der Waals surface area contributed by atoms with E-state index in [-0.39, 0.29) is 0 Å². The quantitative estimate of drug-likeness (QED) is 0.927. The largest absolute Gasteiger partial charge is 0.496 e. The molecule has 0 amide bonds. The Morgan fingerprint density at radius 2 is 2.05 bits per heavy atom. The van der Waals surface area contributed by atoms with Crippen molar-refractivity contribution in [2.45, 2.75) is 31.8 Å². The van der Waals surface area contributed by atoms with Crippen molar-refractivity contribution >= 4 is 11.6 Å². The molecule has 2 aromatic carbocycles. The van der Waals surface area contributed by atoms with Crippen LogP contribution in [0.2, 0.25) is 5.02 Å². The highest BCUT2D eigenvalue weighted by Crippen LogP contribution is 2.41. The van der Waals surface area contributed by atoms with Gasteiger partial charge in [-0.25, -0.2) is 0 Å². The lowest BCUT2D eigenvalue weighted by molar-refractivity contribution is 0.0383. The first-order valence-electron chi connectivity index (χ1n) is 7.17. The smallest absolute Gasteiger partial charge is 0.122 e. The number of rotatable bonds is 3. The van der Waals surface area contributed by atoms with Crippen molar-refractivity contribution in [1.29, 1.82) is 0 Å². The summed E-state index contributed by atoms with van der Waals surface area (Å²) >= 11 is 6.09. The number of fused-ring (bicyclic) bond motifs is 1. The van der Waals surface area contributed by atoms with Crippen molar-refractivity contribution in [3.8, 4) is 5.75 Å². The number of hydrogen-bond donors (Lipinski definition) is 1. The summed E-state index contributed by atoms with van der Waals surface area (Å²) < 4.78 is 5.40. The van der Waals surface area contributed by atoms with Gasteiger partial charge in [0.15, 0.2) is 0 Å². The SMILES string of the molecule is COc1ccc(Cl)cc1CC1(O)CCc2ccc(C)cc21. The number of hydrogen-bond acceptors (Lipinski definition) is 2. The fourth-order valence-corrected chi connectivity index (χ4v) is 3.40. The molecule has 0 radical (unpaired) electrons. The van der Waals surface area contributed by atoms with E-state index in [0.29, 0.717) is 11.4 Å². The van der Waals surface area contributed by atoms with Gasteiger partial charge in [-0.1, -0.05) is 35.4 Å². The second-order valence-electron chi connectivity index (χ2n) is 5.83. The highest BCUT2D eigenvalue weighted by atomic mass is 35.5. The minimum absolute atomic E-state index is 0.521. The number of aliphatic hydroxyl groups is 1. The van der Waals surface area contributed by atoms with E-state index in [2.05, 4.69) is 25.1 Å². The molecule has 2 nitrogen and oxygen atoms in total. The van der Waals surface area contributed by atoms with E-state index in [1.165, 1.54) is 11.1 Å². The number of ether oxygens (including phenoxy) is 1. The van der Waals surface area contributed by atoms with Crippen LogP contribution in [0, 0.1) is 6.92 Å². The van der Waals surface area contributed by atoms with Crippen molar-refractivity contribution in [2.75, 3.05) is 7.11 Å². The van der Waals surface area contributed by atoms with Crippen molar-refractivity contribution in [2.24, 2.45) is 0 Å². The molecule has 0 aromatic heterocycles. The first-order chi connectivity index (χ1) is 10.0. The fraction of sp³-hybridized carbons (Fsp3) is 0.333. The lowest BCUT2D eigenvalue weighted by Crippen LogP contribution is -2.25. The van der Waals surface area contributed by atoms with Gasteiger partial charge < -0.3 is 9.84 Å². The van der Waals surface area contributed by atoms with Crippen LogP contribution >= 0.6 is 11.6 Å². The Labute approximate surface area is 130 Å². The van der Waals surface area contributed by atoms with E-state index in [1.807, 2.05) is 12.1 Å². The second-order valence-corrected chi connectivity index (χ2v) is 6.26. The third kappa shape index (κ3) is 2.66. The lowest BCUT2D eigenvalue weighted by atomic mass is 9.88. The third-order valence-corrected chi connectivity index (χ3v) is 4.54. The Morgan fingerprint density at radius 1 is 1.24 bits per heavy atom. The zero-order chi connectivity index (χ0) is 15.0. The van der Waals surface area contributed by atoms with Gasteiger partial charge in [-0.2, -0.15) is 0 Å². The Hall–Kier alpha value is -1.51. The highest BCUT2D eigenvalue weighted by molar-refractivity contribution is 6.30. The van der Waals surface area contributed by atoms with E-state index in [0.717, 1.165) is 29.7 Å². The molecular formula is C18H19ClO2. The van der Waals surface area contributed by atoms with E-state index in [9.17, 15) is 5.11 Å². The summed E-state index contributed by atoms with van der Waals surface area (Å²) in [6.07, 6.45) is 2.17. The first-order valence-corrected chi connectivity index (χ1v) is 7.54. The van der Waals surface area contributed by atoms with Gasteiger partial charge in [0.1, 0.15) is 5.75 Å². The van der Waals surface area contributed by atoms with E-state index in [4.69, 9.17) is 16.3 Å².